The summed E-state index contributed by atoms with van der Waals surface area (Å²) >= 11 is 0. The number of ether oxygens (including phenoxy) is 2. The van der Waals surface area contributed by atoms with Crippen molar-refractivity contribution in [2.75, 3.05) is 19.0 Å². The van der Waals surface area contributed by atoms with Gasteiger partial charge in [0, 0.05) is 0 Å². The molecule has 23 heavy (non-hydrogen) atoms. The average molecular weight is 315 g/mol. The van der Waals surface area contributed by atoms with Gasteiger partial charge < -0.3 is 19.9 Å². The molecule has 0 fully saturated rings. The molecule has 0 heterocycles. The summed E-state index contributed by atoms with van der Waals surface area (Å²) in [5.74, 6) is -0.0340. The van der Waals surface area contributed by atoms with Gasteiger partial charge in [0.2, 0.25) is 0 Å². The number of hydrogen-bond donors (Lipinski definition) is 2. The van der Waals surface area contributed by atoms with Crippen LogP contribution in [-0.2, 0) is 9.53 Å². The molecule has 5 nitrogen and oxygen atoms in total. The van der Waals surface area contributed by atoms with Gasteiger partial charge in [-0.15, -0.1) is 0 Å². The molecule has 0 unspecified atom stereocenters. The third kappa shape index (κ3) is 4.23. The van der Waals surface area contributed by atoms with E-state index >= 15 is 0 Å². The number of esters is 1. The molecule has 0 bridgehead atoms. The minimum atomic E-state index is -1.33. The fourth-order valence-corrected chi connectivity index (χ4v) is 2.30. The average Bonchev–Trinajstić information content (AvgIpc) is 2.60. The van der Waals surface area contributed by atoms with E-state index in [1.165, 1.54) is 0 Å². The van der Waals surface area contributed by atoms with E-state index in [1.807, 2.05) is 48.5 Å². The van der Waals surface area contributed by atoms with Crippen molar-refractivity contribution in [3.05, 3.63) is 60.2 Å². The minimum Gasteiger partial charge on any atom is -0.495 e. The predicted molar refractivity (Wildman–Crippen MR) is 88.4 cm³/mol. The Hall–Kier alpha value is -2.53. The second kappa shape index (κ2) is 8.19. The van der Waals surface area contributed by atoms with Crippen LogP contribution in [0.3, 0.4) is 0 Å². The number of carbonyl (C=O) groups excluding carboxylic acids is 1. The van der Waals surface area contributed by atoms with Gasteiger partial charge >= 0.3 is 5.97 Å². The number of benzene rings is 2. The van der Waals surface area contributed by atoms with Crippen molar-refractivity contribution in [3.63, 3.8) is 0 Å². The molecule has 0 aliphatic rings. The number of nitrogens with one attached hydrogen (secondary N) is 1. The lowest BCUT2D eigenvalue weighted by molar-refractivity contribution is -0.153. The Balaban J connectivity index is 2.32. The van der Waals surface area contributed by atoms with E-state index in [9.17, 15) is 9.90 Å². The number of carbonyl (C=O) groups is 1. The van der Waals surface area contributed by atoms with Gasteiger partial charge in [-0.3, -0.25) is 0 Å². The molecule has 0 radical (unpaired) electrons. The summed E-state index contributed by atoms with van der Waals surface area (Å²) in [7, 11) is 1.57. The van der Waals surface area contributed by atoms with Crippen LogP contribution in [0.4, 0.5) is 5.69 Å². The van der Waals surface area contributed by atoms with Gasteiger partial charge in [0.1, 0.15) is 5.75 Å². The third-order valence-corrected chi connectivity index (χ3v) is 3.42. The van der Waals surface area contributed by atoms with Crippen LogP contribution in [-0.4, -0.2) is 30.9 Å². The molecule has 0 aliphatic carbocycles. The quantitative estimate of drug-likeness (QED) is 0.769. The van der Waals surface area contributed by atoms with Crippen LogP contribution in [0.15, 0.2) is 54.6 Å². The van der Waals surface area contributed by atoms with E-state index in [0.717, 1.165) is 5.56 Å². The van der Waals surface area contributed by atoms with Gasteiger partial charge in [-0.2, -0.15) is 0 Å². The molecule has 0 saturated carbocycles. The van der Waals surface area contributed by atoms with E-state index in [2.05, 4.69) is 5.32 Å². The van der Waals surface area contributed by atoms with E-state index in [0.29, 0.717) is 11.4 Å². The molecule has 122 valence electrons. The van der Waals surface area contributed by atoms with Gasteiger partial charge in [-0.1, -0.05) is 42.5 Å². The Bertz CT molecular complexity index is 630. The fourth-order valence-electron chi connectivity index (χ4n) is 2.30. The minimum absolute atomic E-state index is 0.214. The van der Waals surface area contributed by atoms with E-state index in [1.54, 1.807) is 20.1 Å². The van der Waals surface area contributed by atoms with Crippen molar-refractivity contribution in [2.45, 2.75) is 19.1 Å². The van der Waals surface area contributed by atoms with Crippen molar-refractivity contribution in [1.29, 1.82) is 0 Å². The monoisotopic (exact) mass is 315 g/mol. The van der Waals surface area contributed by atoms with Crippen molar-refractivity contribution < 1.29 is 19.4 Å². The highest BCUT2D eigenvalue weighted by Crippen LogP contribution is 2.29. The number of rotatable bonds is 7. The van der Waals surface area contributed by atoms with Crippen LogP contribution in [0, 0.1) is 0 Å². The summed E-state index contributed by atoms with van der Waals surface area (Å²) < 4.78 is 10.2. The molecule has 0 saturated heterocycles. The number of anilines is 1. The largest absolute Gasteiger partial charge is 0.495 e. The van der Waals surface area contributed by atoms with E-state index in [4.69, 9.17) is 9.47 Å². The molecular formula is C18H21NO4. The summed E-state index contributed by atoms with van der Waals surface area (Å²) in [6.07, 6.45) is -1.33. The topological polar surface area (TPSA) is 67.8 Å². The molecular weight excluding hydrogens is 294 g/mol. The number of aliphatic hydroxyl groups is 1. The highest BCUT2D eigenvalue weighted by atomic mass is 16.5. The van der Waals surface area contributed by atoms with Crippen LogP contribution in [0.25, 0.3) is 0 Å². The van der Waals surface area contributed by atoms with Crippen LogP contribution in [0.2, 0.25) is 0 Å². The first-order chi connectivity index (χ1) is 11.2. The van der Waals surface area contributed by atoms with Gasteiger partial charge in [0.25, 0.3) is 0 Å². The van der Waals surface area contributed by atoms with Gasteiger partial charge in [-0.05, 0) is 24.6 Å². The molecule has 2 aromatic carbocycles. The normalized spacial score (nSPS) is 13.0. The maximum absolute atomic E-state index is 12.0. The molecule has 2 aromatic rings. The third-order valence-electron chi connectivity index (χ3n) is 3.42. The van der Waals surface area contributed by atoms with Crippen molar-refractivity contribution >= 4 is 11.7 Å². The first-order valence-corrected chi connectivity index (χ1v) is 7.46. The lowest BCUT2D eigenvalue weighted by atomic mass is 10.0. The predicted octanol–water partition coefficient (Wildman–Crippen LogP) is 2.77. The number of hydrogen-bond acceptors (Lipinski definition) is 5. The Morgan fingerprint density at radius 3 is 2.43 bits per heavy atom. The Morgan fingerprint density at radius 2 is 1.78 bits per heavy atom. The zero-order valence-corrected chi connectivity index (χ0v) is 13.2. The molecule has 0 spiro atoms. The van der Waals surface area contributed by atoms with Crippen LogP contribution in [0.1, 0.15) is 18.5 Å². The summed E-state index contributed by atoms with van der Waals surface area (Å²) in [4.78, 5) is 12.0. The smallest absolute Gasteiger partial charge is 0.337 e. The molecule has 0 amide bonds. The standard InChI is InChI=1S/C18H21NO4/c1-3-23-18(21)17(20)16(13-9-5-4-6-10-13)19-14-11-7-8-12-15(14)22-2/h4-12,16-17,19-20H,3H2,1-2H3/t16-,17-/m0/s1. The Labute approximate surface area is 135 Å². The maximum Gasteiger partial charge on any atom is 0.337 e. The summed E-state index contributed by atoms with van der Waals surface area (Å²) in [5.41, 5.74) is 1.46. The highest BCUT2D eigenvalue weighted by molar-refractivity contribution is 5.76. The Morgan fingerprint density at radius 1 is 1.13 bits per heavy atom. The number of aliphatic hydroxyl groups excluding tert-OH is 1. The van der Waals surface area contributed by atoms with Crippen LogP contribution >= 0.6 is 0 Å². The van der Waals surface area contributed by atoms with Gasteiger partial charge in [-0.25, -0.2) is 4.79 Å². The molecule has 0 aromatic heterocycles. The lowest BCUT2D eigenvalue weighted by Gasteiger charge is -2.25. The fraction of sp³-hybridized carbons (Fsp3) is 0.278. The highest BCUT2D eigenvalue weighted by Gasteiger charge is 2.29. The SMILES string of the molecule is CCOC(=O)[C@@H](O)[C@@H](Nc1ccccc1OC)c1ccccc1. The zero-order chi connectivity index (χ0) is 16.7. The van der Waals surface area contributed by atoms with Gasteiger partial charge in [0.05, 0.1) is 25.4 Å². The van der Waals surface area contributed by atoms with E-state index < -0.39 is 18.1 Å². The van der Waals surface area contributed by atoms with Crippen LogP contribution < -0.4 is 10.1 Å². The van der Waals surface area contributed by atoms with E-state index in [-0.39, 0.29) is 6.61 Å². The first-order valence-electron chi connectivity index (χ1n) is 7.46. The number of para-hydroxylation sites is 2. The lowest BCUT2D eigenvalue weighted by Crippen LogP contribution is -2.34. The zero-order valence-electron chi connectivity index (χ0n) is 13.2. The molecule has 2 rings (SSSR count). The summed E-state index contributed by atoms with van der Waals surface area (Å²) in [6, 6.07) is 16.0. The van der Waals surface area contributed by atoms with Crippen molar-refractivity contribution in [2.24, 2.45) is 0 Å². The first kappa shape index (κ1) is 16.8. The Kier molecular flexibility index (Phi) is 6.00. The number of methoxy groups -OCH3 is 1. The van der Waals surface area contributed by atoms with Crippen molar-refractivity contribution in [1.82, 2.24) is 0 Å². The summed E-state index contributed by atoms with van der Waals surface area (Å²) in [5, 5.41) is 13.6. The summed E-state index contributed by atoms with van der Waals surface area (Å²) in [6.45, 7) is 1.92. The van der Waals surface area contributed by atoms with Crippen molar-refractivity contribution in [3.8, 4) is 5.75 Å². The maximum atomic E-state index is 12.0. The second-order valence-electron chi connectivity index (χ2n) is 4.93. The molecule has 0 aliphatic heterocycles. The van der Waals surface area contributed by atoms with Crippen LogP contribution in [0.5, 0.6) is 5.75 Å². The van der Waals surface area contributed by atoms with Gasteiger partial charge in [0.15, 0.2) is 6.10 Å². The second-order valence-corrected chi connectivity index (χ2v) is 4.93. The molecule has 2 atom stereocenters. The molecule has 5 heteroatoms. The molecule has 2 N–H and O–H groups in total.